The molecular weight excluding hydrogens is 323 g/mol. The second-order valence-electron chi connectivity index (χ2n) is 3.62. The Balaban J connectivity index is 1.99. The number of nitrogens with one attached hydrogen (secondary N) is 1. The second-order valence-corrected chi connectivity index (χ2v) is 6.69. The molecule has 0 unspecified atom stereocenters. The Morgan fingerprint density at radius 1 is 1.42 bits per heavy atom. The van der Waals surface area contributed by atoms with E-state index in [0.29, 0.717) is 27.2 Å². The van der Waals surface area contributed by atoms with Crippen LogP contribution in [-0.4, -0.2) is 11.7 Å². The summed E-state index contributed by atoms with van der Waals surface area (Å²) in [7, 11) is 0. The molecule has 3 N–H and O–H groups in total. The molecule has 2 rings (SSSR count). The average Bonchev–Trinajstić information content (AvgIpc) is 2.84. The predicted octanol–water partition coefficient (Wildman–Crippen LogP) is 4.37. The molecule has 1 aromatic carbocycles. The van der Waals surface area contributed by atoms with E-state index < -0.39 is 0 Å². The van der Waals surface area contributed by atoms with E-state index in [0.717, 1.165) is 4.21 Å². The van der Waals surface area contributed by atoms with Crippen LogP contribution in [0.25, 0.3) is 0 Å². The Kier molecular flexibility index (Phi) is 4.99. The Morgan fingerprint density at radius 3 is 2.84 bits per heavy atom. The highest BCUT2D eigenvalue weighted by Gasteiger charge is 2.11. The van der Waals surface area contributed by atoms with Crippen LogP contribution in [0, 0.1) is 0 Å². The molecule has 0 bridgehead atoms. The molecule has 0 spiro atoms. The maximum absolute atomic E-state index is 11.8. The third-order valence-electron chi connectivity index (χ3n) is 2.19. The minimum Gasteiger partial charge on any atom is -0.397 e. The summed E-state index contributed by atoms with van der Waals surface area (Å²) in [5.74, 6) is 0.146. The zero-order valence-corrected chi connectivity index (χ0v) is 12.8. The first-order chi connectivity index (χ1) is 9.06. The van der Waals surface area contributed by atoms with Gasteiger partial charge in [0.05, 0.1) is 26.4 Å². The molecule has 0 aliphatic rings. The second kappa shape index (κ2) is 6.52. The number of carbonyl (C=O) groups is 1. The van der Waals surface area contributed by atoms with E-state index in [1.54, 1.807) is 23.5 Å². The van der Waals surface area contributed by atoms with Crippen molar-refractivity contribution in [2.45, 2.75) is 4.21 Å². The number of hydrogen-bond acceptors (Lipinski definition) is 4. The normalized spacial score (nSPS) is 10.4. The largest absolute Gasteiger partial charge is 0.397 e. The SMILES string of the molecule is Nc1cc(Cl)cc(Cl)c1NC(=O)CSc1cccs1. The minimum atomic E-state index is -0.158. The number of carbonyl (C=O) groups excluding carboxylic acids is 1. The number of thioether (sulfide) groups is 1. The van der Waals surface area contributed by atoms with Gasteiger partial charge >= 0.3 is 0 Å². The third kappa shape index (κ3) is 4.04. The first kappa shape index (κ1) is 14.5. The number of nitrogens with two attached hydrogens (primary N) is 1. The molecule has 1 heterocycles. The average molecular weight is 333 g/mol. The molecule has 7 heteroatoms. The number of amides is 1. The van der Waals surface area contributed by atoms with Gasteiger partial charge in [-0.25, -0.2) is 0 Å². The van der Waals surface area contributed by atoms with Crippen LogP contribution < -0.4 is 11.1 Å². The minimum absolute atomic E-state index is 0.158. The molecule has 1 aromatic heterocycles. The maximum atomic E-state index is 11.8. The lowest BCUT2D eigenvalue weighted by Gasteiger charge is -2.10. The summed E-state index contributed by atoms with van der Waals surface area (Å²) >= 11 is 14.9. The first-order valence-electron chi connectivity index (χ1n) is 5.27. The molecule has 0 fully saturated rings. The molecule has 19 heavy (non-hydrogen) atoms. The number of nitrogen functional groups attached to an aromatic ring is 1. The van der Waals surface area contributed by atoms with Crippen molar-refractivity contribution >= 4 is 63.6 Å². The van der Waals surface area contributed by atoms with Crippen molar-refractivity contribution < 1.29 is 4.79 Å². The van der Waals surface area contributed by atoms with Gasteiger partial charge in [-0.2, -0.15) is 0 Å². The lowest BCUT2D eigenvalue weighted by molar-refractivity contribution is -0.113. The van der Waals surface area contributed by atoms with Crippen LogP contribution in [0.15, 0.2) is 33.9 Å². The van der Waals surface area contributed by atoms with E-state index in [-0.39, 0.29) is 5.91 Å². The summed E-state index contributed by atoms with van der Waals surface area (Å²) in [6.45, 7) is 0. The van der Waals surface area contributed by atoms with Crippen molar-refractivity contribution in [3.05, 3.63) is 39.7 Å². The van der Waals surface area contributed by atoms with Crippen molar-refractivity contribution in [3.63, 3.8) is 0 Å². The number of rotatable bonds is 4. The highest BCUT2D eigenvalue weighted by molar-refractivity contribution is 8.01. The molecule has 3 nitrogen and oxygen atoms in total. The molecule has 0 saturated heterocycles. The van der Waals surface area contributed by atoms with Crippen molar-refractivity contribution in [1.82, 2.24) is 0 Å². The van der Waals surface area contributed by atoms with Crippen LogP contribution in [-0.2, 0) is 4.79 Å². The van der Waals surface area contributed by atoms with Crippen molar-refractivity contribution in [2.24, 2.45) is 0 Å². The number of thiophene rings is 1. The summed E-state index contributed by atoms with van der Waals surface area (Å²) in [6.07, 6.45) is 0. The highest BCUT2D eigenvalue weighted by Crippen LogP contribution is 2.32. The van der Waals surface area contributed by atoms with E-state index >= 15 is 0 Å². The van der Waals surface area contributed by atoms with Crippen LogP contribution in [0.5, 0.6) is 0 Å². The number of halogens is 2. The van der Waals surface area contributed by atoms with Gasteiger partial charge in [-0.05, 0) is 23.6 Å². The molecular formula is C12H10Cl2N2OS2. The van der Waals surface area contributed by atoms with Gasteiger partial charge in [-0.15, -0.1) is 23.1 Å². The molecule has 2 aromatic rings. The van der Waals surface area contributed by atoms with Gasteiger partial charge < -0.3 is 11.1 Å². The zero-order chi connectivity index (χ0) is 13.8. The summed E-state index contributed by atoms with van der Waals surface area (Å²) in [6, 6.07) is 7.00. The van der Waals surface area contributed by atoms with E-state index in [1.807, 2.05) is 17.5 Å². The highest BCUT2D eigenvalue weighted by atomic mass is 35.5. The van der Waals surface area contributed by atoms with Gasteiger partial charge in [0.15, 0.2) is 0 Å². The molecule has 0 atom stereocenters. The number of anilines is 2. The zero-order valence-electron chi connectivity index (χ0n) is 9.65. The summed E-state index contributed by atoms with van der Waals surface area (Å²) in [4.78, 5) is 11.8. The van der Waals surface area contributed by atoms with E-state index in [9.17, 15) is 4.79 Å². The van der Waals surface area contributed by atoms with Gasteiger partial charge in [0.2, 0.25) is 5.91 Å². The van der Waals surface area contributed by atoms with E-state index in [1.165, 1.54) is 11.8 Å². The van der Waals surface area contributed by atoms with Gasteiger partial charge in [0.1, 0.15) is 0 Å². The van der Waals surface area contributed by atoms with Crippen LogP contribution in [0.1, 0.15) is 0 Å². The monoisotopic (exact) mass is 332 g/mol. The molecule has 1 amide bonds. The Bertz CT molecular complexity index is 564. The standard InChI is InChI=1S/C12H10Cl2N2OS2/c13-7-4-8(14)12(9(15)5-7)16-10(17)6-19-11-2-1-3-18-11/h1-5H,6,15H2,(H,16,17). The number of hydrogen-bond donors (Lipinski definition) is 2. The fraction of sp³-hybridized carbons (Fsp3) is 0.0833. The topological polar surface area (TPSA) is 55.1 Å². The molecule has 0 aliphatic heterocycles. The Morgan fingerprint density at radius 2 is 2.21 bits per heavy atom. The Hall–Kier alpha value is -0.880. The smallest absolute Gasteiger partial charge is 0.234 e. The lowest BCUT2D eigenvalue weighted by atomic mass is 10.2. The molecule has 0 saturated carbocycles. The van der Waals surface area contributed by atoms with Gasteiger partial charge in [0.25, 0.3) is 0 Å². The van der Waals surface area contributed by atoms with Crippen LogP contribution >= 0.6 is 46.3 Å². The van der Waals surface area contributed by atoms with Gasteiger partial charge in [0, 0.05) is 5.02 Å². The van der Waals surface area contributed by atoms with Crippen LogP contribution in [0.3, 0.4) is 0 Å². The van der Waals surface area contributed by atoms with Gasteiger partial charge in [-0.1, -0.05) is 29.3 Å². The van der Waals surface area contributed by atoms with Gasteiger partial charge in [-0.3, -0.25) is 4.79 Å². The first-order valence-corrected chi connectivity index (χ1v) is 7.89. The Labute approximate surface area is 129 Å². The van der Waals surface area contributed by atoms with E-state index in [4.69, 9.17) is 28.9 Å². The lowest BCUT2D eigenvalue weighted by Crippen LogP contribution is -2.15. The van der Waals surface area contributed by atoms with Crippen molar-refractivity contribution in [1.29, 1.82) is 0 Å². The maximum Gasteiger partial charge on any atom is 0.234 e. The van der Waals surface area contributed by atoms with Crippen molar-refractivity contribution in [3.8, 4) is 0 Å². The predicted molar refractivity (Wildman–Crippen MR) is 84.5 cm³/mol. The summed E-state index contributed by atoms with van der Waals surface area (Å²) in [5.41, 5.74) is 6.53. The third-order valence-corrected chi connectivity index (χ3v) is 4.84. The fourth-order valence-corrected chi connectivity index (χ4v) is 3.52. The molecule has 100 valence electrons. The summed E-state index contributed by atoms with van der Waals surface area (Å²) in [5, 5.41) is 5.44. The number of benzene rings is 1. The van der Waals surface area contributed by atoms with E-state index in [2.05, 4.69) is 5.32 Å². The quantitative estimate of drug-likeness (QED) is 0.645. The van der Waals surface area contributed by atoms with Crippen LogP contribution in [0.4, 0.5) is 11.4 Å². The van der Waals surface area contributed by atoms with Crippen LogP contribution in [0.2, 0.25) is 10.0 Å². The molecule has 0 radical (unpaired) electrons. The fourth-order valence-electron chi connectivity index (χ4n) is 1.38. The summed E-state index contributed by atoms with van der Waals surface area (Å²) < 4.78 is 1.09. The van der Waals surface area contributed by atoms with Crippen molar-refractivity contribution in [2.75, 3.05) is 16.8 Å². The molecule has 0 aliphatic carbocycles.